The Bertz CT molecular complexity index is 1080. The van der Waals surface area contributed by atoms with Gasteiger partial charge in [-0.05, 0) is 31.8 Å². The molecule has 0 radical (unpaired) electrons. The lowest BCUT2D eigenvalue weighted by Gasteiger charge is -2.37. The van der Waals surface area contributed by atoms with Crippen LogP contribution in [0, 0.1) is 11.8 Å². The molecule has 0 amide bonds. The molecule has 3 aliphatic heterocycles. The van der Waals surface area contributed by atoms with Crippen molar-refractivity contribution in [2.75, 3.05) is 65.6 Å². The maximum atomic E-state index is 13.4. The molecule has 40 heavy (non-hydrogen) atoms. The van der Waals surface area contributed by atoms with Crippen LogP contribution < -0.4 is 0 Å². The largest absolute Gasteiger partial charge is 0.395 e. The van der Waals surface area contributed by atoms with Gasteiger partial charge >= 0.3 is 6.18 Å². The third-order valence-electron chi connectivity index (χ3n) is 7.61. The van der Waals surface area contributed by atoms with Gasteiger partial charge in [0.1, 0.15) is 12.0 Å². The van der Waals surface area contributed by atoms with Crippen LogP contribution in [0.2, 0.25) is 0 Å². The van der Waals surface area contributed by atoms with Gasteiger partial charge in [-0.25, -0.2) is 4.99 Å². The number of allylic oxidation sites excluding steroid dienone is 6. The number of piperazine rings is 2. The average Bonchev–Trinajstić information content (AvgIpc) is 3.34. The second-order valence-corrected chi connectivity index (χ2v) is 10.6. The van der Waals surface area contributed by atoms with Crippen molar-refractivity contribution in [3.05, 3.63) is 47.6 Å². The minimum atomic E-state index is -4.27. The Morgan fingerprint density at radius 3 is 2.42 bits per heavy atom. The van der Waals surface area contributed by atoms with Crippen LogP contribution >= 0.6 is 11.6 Å². The Hall–Kier alpha value is -2.60. The first-order chi connectivity index (χ1) is 19.3. The van der Waals surface area contributed by atoms with Crippen molar-refractivity contribution >= 4 is 36.3 Å². The molecule has 218 valence electrons. The smallest absolute Gasteiger partial charge is 0.338 e. The van der Waals surface area contributed by atoms with Crippen LogP contribution in [0.15, 0.2) is 67.5 Å². The van der Waals surface area contributed by atoms with E-state index in [1.807, 2.05) is 35.3 Å². The topological polar surface area (TPSA) is 62.4 Å². The van der Waals surface area contributed by atoms with E-state index >= 15 is 0 Å². The summed E-state index contributed by atoms with van der Waals surface area (Å²) in [6.45, 7) is 13.4. The highest BCUT2D eigenvalue weighted by molar-refractivity contribution is 6.31. The van der Waals surface area contributed by atoms with Gasteiger partial charge in [0.15, 0.2) is 0 Å². The first-order valence-corrected chi connectivity index (χ1v) is 14.2. The highest BCUT2D eigenvalue weighted by atomic mass is 35.5. The summed E-state index contributed by atoms with van der Waals surface area (Å²) in [6.07, 6.45) is 8.81. The third kappa shape index (κ3) is 8.45. The molecule has 3 heterocycles. The van der Waals surface area contributed by atoms with Crippen LogP contribution in [-0.2, 0) is 0 Å². The second kappa shape index (κ2) is 14.3. The van der Waals surface area contributed by atoms with Gasteiger partial charge in [0, 0.05) is 63.6 Å². The first-order valence-electron chi connectivity index (χ1n) is 13.8. The van der Waals surface area contributed by atoms with E-state index in [1.54, 1.807) is 0 Å². The number of hydrogen-bond acceptors (Lipinski definition) is 5. The molecule has 0 aromatic rings. The Morgan fingerprint density at radius 1 is 1.02 bits per heavy atom. The van der Waals surface area contributed by atoms with Gasteiger partial charge in [-0.1, -0.05) is 48.9 Å². The van der Waals surface area contributed by atoms with Crippen LogP contribution in [0.1, 0.15) is 13.3 Å². The van der Waals surface area contributed by atoms with Crippen LogP contribution in [0.25, 0.3) is 0 Å². The molecule has 1 aliphatic carbocycles. The lowest BCUT2D eigenvalue weighted by Crippen LogP contribution is -2.50. The van der Waals surface area contributed by atoms with E-state index in [0.29, 0.717) is 49.7 Å². The van der Waals surface area contributed by atoms with Crippen molar-refractivity contribution in [1.82, 2.24) is 19.6 Å². The SMILES string of the molecule is C=NC(=N/C(=N\CN1CCN(C2CC(C(F)(F)F)C=CC=N2)CC1)C1C=CC=CC(Cl)=C1)N1CCN(CC)CC1. The number of nitrogens with zero attached hydrogens (tertiary/aromatic N) is 8. The van der Waals surface area contributed by atoms with Crippen LogP contribution in [0.5, 0.6) is 0 Å². The first kappa shape index (κ1) is 30.4. The Morgan fingerprint density at radius 2 is 1.75 bits per heavy atom. The minimum Gasteiger partial charge on any atom is -0.338 e. The molecule has 2 fully saturated rings. The summed E-state index contributed by atoms with van der Waals surface area (Å²) in [6, 6.07) is 0. The van der Waals surface area contributed by atoms with Crippen molar-refractivity contribution in [2.45, 2.75) is 25.7 Å². The van der Waals surface area contributed by atoms with Gasteiger partial charge < -0.3 is 9.80 Å². The number of alkyl halides is 3. The summed E-state index contributed by atoms with van der Waals surface area (Å²) in [5, 5.41) is 0.604. The number of rotatable bonds is 5. The van der Waals surface area contributed by atoms with Gasteiger partial charge in [0.25, 0.3) is 0 Å². The summed E-state index contributed by atoms with van der Waals surface area (Å²) in [4.78, 5) is 27.1. The predicted octanol–water partition coefficient (Wildman–Crippen LogP) is 4.05. The highest BCUT2D eigenvalue weighted by Crippen LogP contribution is 2.33. The van der Waals surface area contributed by atoms with Gasteiger partial charge in [0.05, 0.1) is 18.5 Å². The molecule has 0 aromatic carbocycles. The summed E-state index contributed by atoms with van der Waals surface area (Å²) < 4.78 is 40.1. The molecule has 4 rings (SSSR count). The number of likely N-dealkylation sites (N-methyl/N-ethyl adjacent to an activating group) is 1. The quantitative estimate of drug-likeness (QED) is 0.365. The van der Waals surface area contributed by atoms with Gasteiger partial charge in [0.2, 0.25) is 5.96 Å². The van der Waals surface area contributed by atoms with E-state index in [4.69, 9.17) is 21.6 Å². The van der Waals surface area contributed by atoms with E-state index in [9.17, 15) is 13.2 Å². The maximum absolute atomic E-state index is 13.4. The highest BCUT2D eigenvalue weighted by Gasteiger charge is 2.40. The summed E-state index contributed by atoms with van der Waals surface area (Å²) in [5.74, 6) is -0.575. The van der Waals surface area contributed by atoms with Crippen LogP contribution in [-0.4, -0.2) is 122 Å². The molecule has 0 N–H and O–H groups in total. The molecule has 0 spiro atoms. The van der Waals surface area contributed by atoms with Crippen LogP contribution in [0.4, 0.5) is 13.2 Å². The van der Waals surface area contributed by atoms with E-state index < -0.39 is 18.3 Å². The summed E-state index contributed by atoms with van der Waals surface area (Å²) in [5.41, 5.74) is 0. The van der Waals surface area contributed by atoms with E-state index in [-0.39, 0.29) is 12.3 Å². The molecular formula is C28H38ClF3N8. The fourth-order valence-corrected chi connectivity index (χ4v) is 5.33. The van der Waals surface area contributed by atoms with Gasteiger partial charge in [-0.15, -0.1) is 0 Å². The average molecular weight is 579 g/mol. The number of aliphatic imine (C=N–C) groups is 4. The zero-order chi connectivity index (χ0) is 28.5. The molecule has 8 nitrogen and oxygen atoms in total. The second-order valence-electron chi connectivity index (χ2n) is 10.2. The van der Waals surface area contributed by atoms with E-state index in [1.165, 1.54) is 18.4 Å². The zero-order valence-electron chi connectivity index (χ0n) is 22.9. The third-order valence-corrected chi connectivity index (χ3v) is 7.87. The maximum Gasteiger partial charge on any atom is 0.395 e. The monoisotopic (exact) mass is 578 g/mol. The van der Waals surface area contributed by atoms with E-state index in [2.05, 4.69) is 38.3 Å². The van der Waals surface area contributed by atoms with Gasteiger partial charge in [-0.3, -0.25) is 19.8 Å². The lowest BCUT2D eigenvalue weighted by molar-refractivity contribution is -0.166. The van der Waals surface area contributed by atoms with Crippen LogP contribution in [0.3, 0.4) is 0 Å². The predicted molar refractivity (Wildman–Crippen MR) is 157 cm³/mol. The molecule has 0 saturated carbocycles. The zero-order valence-corrected chi connectivity index (χ0v) is 23.7. The molecule has 0 bridgehead atoms. The Balaban J connectivity index is 1.44. The van der Waals surface area contributed by atoms with Crippen molar-refractivity contribution < 1.29 is 13.2 Å². The van der Waals surface area contributed by atoms with Crippen molar-refractivity contribution in [1.29, 1.82) is 0 Å². The van der Waals surface area contributed by atoms with Crippen molar-refractivity contribution in [3.63, 3.8) is 0 Å². The number of amidine groups is 1. The van der Waals surface area contributed by atoms with Crippen molar-refractivity contribution in [2.24, 2.45) is 31.8 Å². The molecule has 0 aromatic heterocycles. The number of guanidine groups is 1. The van der Waals surface area contributed by atoms with E-state index in [0.717, 1.165) is 32.7 Å². The summed E-state index contributed by atoms with van der Waals surface area (Å²) >= 11 is 6.38. The van der Waals surface area contributed by atoms with Gasteiger partial charge in [-0.2, -0.15) is 18.2 Å². The summed E-state index contributed by atoms with van der Waals surface area (Å²) in [7, 11) is 0. The van der Waals surface area contributed by atoms with Crippen molar-refractivity contribution in [3.8, 4) is 0 Å². The Kier molecular flexibility index (Phi) is 10.9. The normalized spacial score (nSPS) is 28.0. The standard InChI is InChI=1S/C28H38ClF3N8/c1-3-37-11-17-40(18-12-37)27(33-2)36-26(22-7-4-5-9-24(29)19-22)35-21-38-13-15-39(16-14-38)25-20-23(28(30,31)32)8-6-10-34-25/h4-10,19,22-23,25H,2-3,11-18,20-21H2,1H3/b35-26-,36-27?. The molecule has 3 unspecified atom stereocenters. The Labute approximate surface area is 239 Å². The molecule has 2 saturated heterocycles. The fraction of sp³-hybridized carbons (Fsp3) is 0.571. The minimum absolute atomic E-state index is 0.0630. The molecule has 4 aliphatic rings. The number of halogens is 4. The lowest BCUT2D eigenvalue weighted by atomic mass is 10.0. The molecule has 3 atom stereocenters. The molecule has 12 heteroatoms. The number of hydrogen-bond donors (Lipinski definition) is 0. The molecular weight excluding hydrogens is 541 g/mol. The fourth-order valence-electron chi connectivity index (χ4n) is 5.12.